The van der Waals surface area contributed by atoms with Crippen molar-refractivity contribution in [1.82, 2.24) is 4.98 Å². The number of hydrogen-bond acceptors (Lipinski definition) is 3. The minimum atomic E-state index is 0.296. The highest BCUT2D eigenvalue weighted by atomic mass is 15.2. The smallest absolute Gasteiger partial charge is 0.146 e. The summed E-state index contributed by atoms with van der Waals surface area (Å²) in [5.74, 6) is 0.731. The van der Waals surface area contributed by atoms with Crippen molar-refractivity contribution in [2.24, 2.45) is 0 Å². The lowest BCUT2D eigenvalue weighted by molar-refractivity contribution is 0.711. The monoisotopic (exact) mass is 201 g/mol. The van der Waals surface area contributed by atoms with Crippen LogP contribution in [0, 0.1) is 11.3 Å². The Balaban J connectivity index is 3.11. The number of anilines is 1. The first-order valence-corrected chi connectivity index (χ1v) is 4.93. The molecule has 1 rings (SSSR count). The lowest BCUT2D eigenvalue weighted by atomic mass is 10.2. The number of nitriles is 1. The topological polar surface area (TPSA) is 39.9 Å². The van der Waals surface area contributed by atoms with Crippen molar-refractivity contribution in [3.05, 3.63) is 36.5 Å². The first-order valence-electron chi connectivity index (χ1n) is 4.93. The predicted octanol–water partition coefficient (Wildman–Crippen LogP) is 2.35. The van der Waals surface area contributed by atoms with E-state index in [1.807, 2.05) is 11.0 Å². The molecule has 0 spiro atoms. The molecule has 0 aliphatic rings. The van der Waals surface area contributed by atoms with E-state index in [9.17, 15) is 0 Å². The Morgan fingerprint density at radius 1 is 1.67 bits per heavy atom. The quantitative estimate of drug-likeness (QED) is 0.702. The molecule has 0 bridgehead atoms. The average molecular weight is 201 g/mol. The van der Waals surface area contributed by atoms with Crippen molar-refractivity contribution in [3.8, 4) is 6.07 Å². The summed E-state index contributed by atoms with van der Waals surface area (Å²) in [5.41, 5.74) is 0.605. The second-order valence-corrected chi connectivity index (χ2v) is 3.52. The SMILES string of the molecule is C=CCN(c1ncccc1C#N)C(C)C. The van der Waals surface area contributed by atoms with Crippen LogP contribution in [0.5, 0.6) is 0 Å². The van der Waals surface area contributed by atoms with Crippen molar-refractivity contribution in [3.63, 3.8) is 0 Å². The number of rotatable bonds is 4. The average Bonchev–Trinajstić information content (AvgIpc) is 2.25. The van der Waals surface area contributed by atoms with Gasteiger partial charge in [-0.1, -0.05) is 6.08 Å². The van der Waals surface area contributed by atoms with Gasteiger partial charge in [-0.2, -0.15) is 5.26 Å². The molecule has 0 saturated carbocycles. The molecular weight excluding hydrogens is 186 g/mol. The van der Waals surface area contributed by atoms with E-state index in [-0.39, 0.29) is 0 Å². The van der Waals surface area contributed by atoms with Crippen molar-refractivity contribution in [2.45, 2.75) is 19.9 Å². The molecule has 0 saturated heterocycles. The Bertz CT molecular complexity index is 377. The van der Waals surface area contributed by atoms with E-state index in [0.29, 0.717) is 18.2 Å². The number of hydrogen-bond donors (Lipinski definition) is 0. The van der Waals surface area contributed by atoms with Crippen molar-refractivity contribution in [1.29, 1.82) is 5.26 Å². The van der Waals surface area contributed by atoms with E-state index in [1.165, 1.54) is 0 Å². The minimum Gasteiger partial charge on any atom is -0.349 e. The molecule has 0 aliphatic heterocycles. The molecule has 78 valence electrons. The van der Waals surface area contributed by atoms with E-state index in [2.05, 4.69) is 31.5 Å². The molecule has 0 aliphatic carbocycles. The number of aromatic nitrogens is 1. The van der Waals surface area contributed by atoms with Crippen LogP contribution >= 0.6 is 0 Å². The van der Waals surface area contributed by atoms with Crippen LogP contribution < -0.4 is 4.90 Å². The molecule has 0 atom stereocenters. The maximum atomic E-state index is 8.97. The van der Waals surface area contributed by atoms with Gasteiger partial charge in [-0.25, -0.2) is 4.98 Å². The van der Waals surface area contributed by atoms with Gasteiger partial charge in [-0.15, -0.1) is 6.58 Å². The van der Waals surface area contributed by atoms with Crippen molar-refractivity contribution < 1.29 is 0 Å². The molecule has 3 nitrogen and oxygen atoms in total. The van der Waals surface area contributed by atoms with Crippen LogP contribution in [-0.2, 0) is 0 Å². The van der Waals surface area contributed by atoms with Gasteiger partial charge >= 0.3 is 0 Å². The molecule has 1 aromatic rings. The molecular formula is C12H15N3. The summed E-state index contributed by atoms with van der Waals surface area (Å²) >= 11 is 0. The zero-order valence-electron chi connectivity index (χ0n) is 9.14. The Morgan fingerprint density at radius 2 is 2.40 bits per heavy atom. The van der Waals surface area contributed by atoms with Crippen LogP contribution in [0.3, 0.4) is 0 Å². The van der Waals surface area contributed by atoms with Crippen LogP contribution in [0.15, 0.2) is 31.0 Å². The van der Waals surface area contributed by atoms with Gasteiger partial charge in [0.25, 0.3) is 0 Å². The van der Waals surface area contributed by atoms with Gasteiger partial charge in [-0.05, 0) is 26.0 Å². The van der Waals surface area contributed by atoms with E-state index in [4.69, 9.17) is 5.26 Å². The van der Waals surface area contributed by atoms with Crippen LogP contribution in [0.2, 0.25) is 0 Å². The minimum absolute atomic E-state index is 0.296. The number of nitrogens with zero attached hydrogens (tertiary/aromatic N) is 3. The lowest BCUT2D eigenvalue weighted by Gasteiger charge is -2.27. The molecule has 3 heteroatoms. The zero-order chi connectivity index (χ0) is 11.3. The largest absolute Gasteiger partial charge is 0.349 e. The predicted molar refractivity (Wildman–Crippen MR) is 61.6 cm³/mol. The Labute approximate surface area is 90.7 Å². The summed E-state index contributed by atoms with van der Waals surface area (Å²) in [6.45, 7) is 8.55. The molecule has 1 heterocycles. The van der Waals surface area contributed by atoms with Gasteiger partial charge in [0.15, 0.2) is 0 Å². The fourth-order valence-electron chi connectivity index (χ4n) is 1.39. The molecule has 1 aromatic heterocycles. The Morgan fingerprint density at radius 3 is 2.93 bits per heavy atom. The molecule has 15 heavy (non-hydrogen) atoms. The van der Waals surface area contributed by atoms with Crippen molar-refractivity contribution in [2.75, 3.05) is 11.4 Å². The second-order valence-electron chi connectivity index (χ2n) is 3.52. The third kappa shape index (κ3) is 2.57. The highest BCUT2D eigenvalue weighted by Crippen LogP contribution is 2.18. The van der Waals surface area contributed by atoms with Gasteiger partial charge in [0, 0.05) is 18.8 Å². The van der Waals surface area contributed by atoms with Crippen LogP contribution in [0.1, 0.15) is 19.4 Å². The van der Waals surface area contributed by atoms with E-state index in [1.54, 1.807) is 18.3 Å². The zero-order valence-corrected chi connectivity index (χ0v) is 9.14. The summed E-state index contributed by atoms with van der Waals surface area (Å²) in [5, 5.41) is 8.97. The normalized spacial score (nSPS) is 9.73. The first-order chi connectivity index (χ1) is 7.20. The van der Waals surface area contributed by atoms with E-state index >= 15 is 0 Å². The highest BCUT2D eigenvalue weighted by Gasteiger charge is 2.13. The fourth-order valence-corrected chi connectivity index (χ4v) is 1.39. The lowest BCUT2D eigenvalue weighted by Crippen LogP contribution is -2.32. The fraction of sp³-hybridized carbons (Fsp3) is 0.333. The molecule has 0 N–H and O–H groups in total. The van der Waals surface area contributed by atoms with Gasteiger partial charge in [-0.3, -0.25) is 0 Å². The van der Waals surface area contributed by atoms with Crippen molar-refractivity contribution >= 4 is 5.82 Å². The standard InChI is InChI=1S/C12H15N3/c1-4-8-15(10(2)3)12-11(9-13)6-5-7-14-12/h4-7,10H,1,8H2,2-3H3. The second kappa shape index (κ2) is 5.16. The third-order valence-corrected chi connectivity index (χ3v) is 2.13. The van der Waals surface area contributed by atoms with Gasteiger partial charge < -0.3 is 4.90 Å². The van der Waals surface area contributed by atoms with Crippen LogP contribution in [-0.4, -0.2) is 17.6 Å². The van der Waals surface area contributed by atoms with E-state index < -0.39 is 0 Å². The van der Waals surface area contributed by atoms with Gasteiger partial charge in [0.2, 0.25) is 0 Å². The molecule has 0 aromatic carbocycles. The highest BCUT2D eigenvalue weighted by molar-refractivity contribution is 5.54. The summed E-state index contributed by atoms with van der Waals surface area (Å²) in [4.78, 5) is 6.29. The van der Waals surface area contributed by atoms with Gasteiger partial charge in [0.05, 0.1) is 5.56 Å². The summed E-state index contributed by atoms with van der Waals surface area (Å²) in [6, 6.07) is 6.00. The summed E-state index contributed by atoms with van der Waals surface area (Å²) in [6.07, 6.45) is 3.52. The summed E-state index contributed by atoms with van der Waals surface area (Å²) in [7, 11) is 0. The Hall–Kier alpha value is -1.82. The van der Waals surface area contributed by atoms with Crippen LogP contribution in [0.25, 0.3) is 0 Å². The van der Waals surface area contributed by atoms with E-state index in [0.717, 1.165) is 5.82 Å². The maximum Gasteiger partial charge on any atom is 0.146 e. The van der Waals surface area contributed by atoms with Gasteiger partial charge in [0.1, 0.15) is 11.9 Å². The van der Waals surface area contributed by atoms with Crippen LogP contribution in [0.4, 0.5) is 5.82 Å². The molecule has 0 radical (unpaired) electrons. The number of pyridine rings is 1. The maximum absolute atomic E-state index is 8.97. The molecule has 0 unspecified atom stereocenters. The summed E-state index contributed by atoms with van der Waals surface area (Å²) < 4.78 is 0. The molecule has 0 amide bonds. The first kappa shape index (κ1) is 11.3. The Kier molecular flexibility index (Phi) is 3.87. The third-order valence-electron chi connectivity index (χ3n) is 2.13. The molecule has 0 fully saturated rings.